The number of hydrogen-bond acceptors (Lipinski definition) is 6. The summed E-state index contributed by atoms with van der Waals surface area (Å²) in [6.45, 7) is 3.10. The van der Waals surface area contributed by atoms with E-state index in [1.54, 1.807) is 22.6 Å². The van der Waals surface area contributed by atoms with Gasteiger partial charge in [0.25, 0.3) is 5.91 Å². The summed E-state index contributed by atoms with van der Waals surface area (Å²) in [5.41, 5.74) is 9.53. The van der Waals surface area contributed by atoms with Crippen molar-refractivity contribution in [3.8, 4) is 11.5 Å². The van der Waals surface area contributed by atoms with Crippen LogP contribution in [0.1, 0.15) is 33.6 Å². The molecule has 8 nitrogen and oxygen atoms in total. The van der Waals surface area contributed by atoms with Crippen LogP contribution in [-0.2, 0) is 13.0 Å². The average Bonchev–Trinajstić information content (AvgIpc) is 3.13. The quantitative estimate of drug-likeness (QED) is 0.447. The largest absolute Gasteiger partial charge is 0.370 e. The van der Waals surface area contributed by atoms with Crippen LogP contribution in [0.2, 0.25) is 0 Å². The molecule has 9 heteroatoms. The molecule has 0 aliphatic carbocycles. The Morgan fingerprint density at radius 3 is 2.94 bits per heavy atom. The van der Waals surface area contributed by atoms with Crippen LogP contribution in [0.15, 0.2) is 42.6 Å². The lowest BCUT2D eigenvalue weighted by Gasteiger charge is -2.21. The fourth-order valence-electron chi connectivity index (χ4n) is 4.07. The number of carbonyl (C=O) groups excluding carboxylic acids is 1. The third-order valence-corrected chi connectivity index (χ3v) is 5.55. The molecular formula is C23H22FN7O. The first-order valence-electron chi connectivity index (χ1n) is 10.4. The molecule has 0 fully saturated rings. The van der Waals surface area contributed by atoms with E-state index in [1.807, 2.05) is 19.2 Å². The summed E-state index contributed by atoms with van der Waals surface area (Å²) in [5.74, 6) is 1.12. The lowest BCUT2D eigenvalue weighted by atomic mass is 10.1. The monoisotopic (exact) mass is 431 g/mol. The first-order valence-corrected chi connectivity index (χ1v) is 10.4. The van der Waals surface area contributed by atoms with E-state index in [-0.39, 0.29) is 5.82 Å². The van der Waals surface area contributed by atoms with E-state index in [9.17, 15) is 9.18 Å². The second-order valence-electron chi connectivity index (χ2n) is 7.76. The molecule has 3 aromatic heterocycles. The third-order valence-electron chi connectivity index (χ3n) is 5.55. The standard InChI is InChI=1S/C23H22FN7O/c1-13-18(31-10-4-8-16(19(25)32)23(31)28-13)22-29-20-17(7-3-9-26-20)21(30-22)27-12-14-5-2-6-15(24)11-14/h2,4-6,8,10-11H,3,7,9,12H2,1H3,(H2,25,32)(H2,26,27,29,30). The molecule has 32 heavy (non-hydrogen) atoms. The van der Waals surface area contributed by atoms with Crippen molar-refractivity contribution in [3.05, 3.63) is 70.8 Å². The van der Waals surface area contributed by atoms with Gasteiger partial charge in [0.15, 0.2) is 5.82 Å². The summed E-state index contributed by atoms with van der Waals surface area (Å²) in [6.07, 6.45) is 3.63. The van der Waals surface area contributed by atoms with Crippen LogP contribution in [-0.4, -0.2) is 31.8 Å². The van der Waals surface area contributed by atoms with Gasteiger partial charge in [-0.15, -0.1) is 0 Å². The molecule has 1 aliphatic rings. The second kappa shape index (κ2) is 7.92. The number of nitrogens with two attached hydrogens (primary N) is 1. The molecule has 1 amide bonds. The normalized spacial score (nSPS) is 12.9. The fraction of sp³-hybridized carbons (Fsp3) is 0.217. The van der Waals surface area contributed by atoms with E-state index in [1.165, 1.54) is 12.1 Å². The summed E-state index contributed by atoms with van der Waals surface area (Å²) >= 11 is 0. The summed E-state index contributed by atoms with van der Waals surface area (Å²) in [7, 11) is 0. The van der Waals surface area contributed by atoms with Gasteiger partial charge in [0.05, 0.1) is 11.3 Å². The lowest BCUT2D eigenvalue weighted by Crippen LogP contribution is -2.18. The number of hydrogen-bond donors (Lipinski definition) is 3. The van der Waals surface area contributed by atoms with Gasteiger partial charge in [-0.3, -0.25) is 9.20 Å². The van der Waals surface area contributed by atoms with Gasteiger partial charge >= 0.3 is 0 Å². The van der Waals surface area contributed by atoms with Crippen LogP contribution in [0, 0.1) is 12.7 Å². The summed E-state index contributed by atoms with van der Waals surface area (Å²) in [6, 6.07) is 9.87. The van der Waals surface area contributed by atoms with Crippen LogP contribution >= 0.6 is 0 Å². The fourth-order valence-corrected chi connectivity index (χ4v) is 4.07. The Hall–Kier alpha value is -4.01. The zero-order valence-electron chi connectivity index (χ0n) is 17.5. The molecule has 0 saturated heterocycles. The Balaban J connectivity index is 1.61. The predicted molar refractivity (Wildman–Crippen MR) is 120 cm³/mol. The first-order chi connectivity index (χ1) is 15.5. The van der Waals surface area contributed by atoms with Crippen molar-refractivity contribution in [1.82, 2.24) is 19.4 Å². The van der Waals surface area contributed by atoms with Crippen molar-refractivity contribution in [2.24, 2.45) is 5.73 Å². The lowest BCUT2D eigenvalue weighted by molar-refractivity contribution is 0.100. The highest BCUT2D eigenvalue weighted by Gasteiger charge is 2.22. The minimum absolute atomic E-state index is 0.275. The molecule has 162 valence electrons. The highest BCUT2D eigenvalue weighted by Crippen LogP contribution is 2.31. The van der Waals surface area contributed by atoms with Crippen LogP contribution in [0.3, 0.4) is 0 Å². The first kappa shape index (κ1) is 19.9. The van der Waals surface area contributed by atoms with Crippen molar-refractivity contribution >= 4 is 23.2 Å². The molecule has 0 spiro atoms. The van der Waals surface area contributed by atoms with Gasteiger partial charge < -0.3 is 16.4 Å². The number of nitrogens with one attached hydrogen (secondary N) is 2. The molecule has 5 rings (SSSR count). The van der Waals surface area contributed by atoms with Gasteiger partial charge in [0.2, 0.25) is 0 Å². The summed E-state index contributed by atoms with van der Waals surface area (Å²) < 4.78 is 15.4. The smallest absolute Gasteiger partial charge is 0.252 e. The Labute approximate surface area is 183 Å². The number of primary amides is 1. The Morgan fingerprint density at radius 2 is 2.12 bits per heavy atom. The number of amides is 1. The Morgan fingerprint density at radius 1 is 1.25 bits per heavy atom. The number of carbonyl (C=O) groups is 1. The van der Waals surface area contributed by atoms with Gasteiger partial charge in [-0.2, -0.15) is 0 Å². The number of aryl methyl sites for hydroxylation is 1. The maximum atomic E-state index is 13.6. The number of rotatable bonds is 5. The molecule has 0 radical (unpaired) electrons. The highest BCUT2D eigenvalue weighted by atomic mass is 19.1. The van der Waals surface area contributed by atoms with E-state index < -0.39 is 5.91 Å². The Kier molecular flexibility index (Phi) is 4.93. The third kappa shape index (κ3) is 3.51. The zero-order valence-corrected chi connectivity index (χ0v) is 17.5. The number of aromatic nitrogens is 4. The number of imidazole rings is 1. The van der Waals surface area contributed by atoms with Crippen LogP contribution < -0.4 is 16.4 Å². The van der Waals surface area contributed by atoms with Gasteiger partial charge in [0.1, 0.15) is 28.8 Å². The summed E-state index contributed by atoms with van der Waals surface area (Å²) in [5, 5.41) is 6.71. The predicted octanol–water partition coefficient (Wildman–Crippen LogP) is 3.31. The van der Waals surface area contributed by atoms with Gasteiger partial charge in [-0.25, -0.2) is 19.3 Å². The molecule has 0 unspecified atom stereocenters. The number of halogens is 1. The molecule has 0 bridgehead atoms. The minimum Gasteiger partial charge on any atom is -0.370 e. The van der Waals surface area contributed by atoms with Crippen LogP contribution in [0.5, 0.6) is 0 Å². The number of nitrogens with zero attached hydrogens (tertiary/aromatic N) is 4. The van der Waals surface area contributed by atoms with E-state index in [4.69, 9.17) is 15.7 Å². The number of fused-ring (bicyclic) bond motifs is 2. The van der Waals surface area contributed by atoms with E-state index in [2.05, 4.69) is 15.6 Å². The SMILES string of the molecule is Cc1nc2c(C(N)=O)cccn2c1-c1nc2c(c(NCc3cccc(F)c3)n1)CCCN2. The van der Waals surface area contributed by atoms with E-state index in [0.29, 0.717) is 40.8 Å². The van der Waals surface area contributed by atoms with Crippen molar-refractivity contribution in [1.29, 1.82) is 0 Å². The number of anilines is 2. The highest BCUT2D eigenvalue weighted by molar-refractivity contribution is 5.99. The number of benzene rings is 1. The molecule has 4 N–H and O–H groups in total. The number of pyridine rings is 1. The average molecular weight is 431 g/mol. The van der Waals surface area contributed by atoms with Crippen LogP contribution in [0.25, 0.3) is 17.2 Å². The van der Waals surface area contributed by atoms with E-state index >= 15 is 0 Å². The molecule has 4 aromatic rings. The van der Waals surface area contributed by atoms with Gasteiger partial charge in [-0.05, 0) is 49.6 Å². The zero-order chi connectivity index (χ0) is 22.2. The van der Waals surface area contributed by atoms with Gasteiger partial charge in [-0.1, -0.05) is 12.1 Å². The molecular weight excluding hydrogens is 409 g/mol. The molecule has 1 aliphatic heterocycles. The van der Waals surface area contributed by atoms with Crippen molar-refractivity contribution < 1.29 is 9.18 Å². The second-order valence-corrected chi connectivity index (χ2v) is 7.76. The van der Waals surface area contributed by atoms with Crippen LogP contribution in [0.4, 0.5) is 16.0 Å². The minimum atomic E-state index is -0.544. The maximum Gasteiger partial charge on any atom is 0.252 e. The van der Waals surface area contributed by atoms with Crippen molar-refractivity contribution in [2.75, 3.05) is 17.2 Å². The van der Waals surface area contributed by atoms with Gasteiger partial charge in [0, 0.05) is 24.8 Å². The maximum absolute atomic E-state index is 13.6. The molecule has 4 heterocycles. The van der Waals surface area contributed by atoms with Crippen molar-refractivity contribution in [2.45, 2.75) is 26.3 Å². The summed E-state index contributed by atoms with van der Waals surface area (Å²) in [4.78, 5) is 26.0. The Bertz CT molecular complexity index is 1350. The van der Waals surface area contributed by atoms with Crippen molar-refractivity contribution in [3.63, 3.8) is 0 Å². The molecule has 1 aromatic carbocycles. The van der Waals surface area contributed by atoms with E-state index in [0.717, 1.165) is 36.3 Å². The molecule has 0 saturated carbocycles. The topological polar surface area (TPSA) is 110 Å². The molecule has 0 atom stereocenters.